The minimum Gasteiger partial charge on any atom is -0.870 e. The number of methoxy groups -OCH3 is 2. The number of ether oxygens (including phenoxy) is 2. The Hall–Kier alpha value is -6.72. The number of nitrogens with zero attached hydrogens (tertiary/aromatic N) is 4. The Morgan fingerprint density at radius 3 is 1.47 bits per heavy atom. The number of anilines is 2. The number of rotatable bonds is 12. The van der Waals surface area contributed by atoms with Crippen LogP contribution < -0.4 is 25.2 Å². The van der Waals surface area contributed by atoms with Gasteiger partial charge in [-0.25, -0.2) is 8.42 Å². The Labute approximate surface area is 457 Å². The zero-order valence-electron chi connectivity index (χ0n) is 38.7. The molecule has 0 unspecified atom stereocenters. The fraction of sp³-hybridized carbons (Fsp3) is 0.0800. The number of amides is 2. The van der Waals surface area contributed by atoms with Crippen LogP contribution in [-0.4, -0.2) is 94.8 Å². The van der Waals surface area contributed by atoms with Gasteiger partial charge in [-0.05, 0) is 121 Å². The summed E-state index contributed by atoms with van der Waals surface area (Å²) in [6.07, 6.45) is 0. The maximum absolute atomic E-state index is 13.3. The largest absolute Gasteiger partial charge is 2.00 e. The number of hydrogen-bond acceptors (Lipinski definition) is 15. The van der Waals surface area contributed by atoms with Crippen LogP contribution in [0.5, 0.6) is 23.0 Å². The molecule has 8 rings (SSSR count). The van der Waals surface area contributed by atoms with Crippen molar-refractivity contribution in [2.75, 3.05) is 24.9 Å². The summed E-state index contributed by atoms with van der Waals surface area (Å²) in [5.74, 6) is -1.01. The molecule has 0 saturated carbocycles. The Balaban J connectivity index is 0.000000235. The number of benzene rings is 8. The van der Waals surface area contributed by atoms with Crippen LogP contribution in [0.15, 0.2) is 164 Å². The third-order valence-electron chi connectivity index (χ3n) is 10.7. The molecule has 0 fully saturated rings. The first kappa shape index (κ1) is 55.6. The van der Waals surface area contributed by atoms with Crippen LogP contribution in [0.4, 0.5) is 34.1 Å². The van der Waals surface area contributed by atoms with Gasteiger partial charge in [0.25, 0.3) is 21.9 Å². The second kappa shape index (κ2) is 23.4. The second-order valence-corrected chi connectivity index (χ2v) is 19.1. The topological polar surface area (TPSA) is 281 Å². The van der Waals surface area contributed by atoms with E-state index in [0.29, 0.717) is 44.4 Å². The Kier molecular flexibility index (Phi) is 17.8. The van der Waals surface area contributed by atoms with Gasteiger partial charge in [0.15, 0.2) is 5.75 Å². The van der Waals surface area contributed by atoms with Crippen molar-refractivity contribution in [3.63, 3.8) is 0 Å². The van der Waals surface area contributed by atoms with Gasteiger partial charge in [0, 0.05) is 27.7 Å². The molecule has 0 atom stereocenters. The van der Waals surface area contributed by atoms with Gasteiger partial charge in [-0.3, -0.25) is 14.1 Å². The molecule has 4 N–H and O–H groups in total. The zero-order chi connectivity index (χ0) is 52.1. The van der Waals surface area contributed by atoms with E-state index >= 15 is 0 Å². The first-order valence-corrected chi connectivity index (χ1v) is 24.5. The third-order valence-corrected chi connectivity index (χ3v) is 13.3. The van der Waals surface area contributed by atoms with Crippen LogP contribution in [0.1, 0.15) is 31.8 Å². The van der Waals surface area contributed by atoms with E-state index in [2.05, 4.69) is 31.1 Å². The number of halogens is 2. The molecule has 0 aromatic heterocycles. The number of fused-ring (bicyclic) bond motifs is 2. The third kappa shape index (κ3) is 13.1. The van der Waals surface area contributed by atoms with E-state index < -0.39 is 48.4 Å². The van der Waals surface area contributed by atoms with Gasteiger partial charge in [0.05, 0.1) is 45.3 Å². The van der Waals surface area contributed by atoms with Crippen LogP contribution in [0, 0.1) is 13.8 Å². The minimum absolute atomic E-state index is 0. The molecule has 0 saturated heterocycles. The number of carbonyl (C=O) groups excluding carboxylic acids is 2. The number of phenols is 1. The maximum atomic E-state index is 13.3. The van der Waals surface area contributed by atoms with Crippen molar-refractivity contribution in [2.24, 2.45) is 20.5 Å². The van der Waals surface area contributed by atoms with Gasteiger partial charge < -0.3 is 34.9 Å². The molecular weight excluding hydrogens is 1050 g/mol. The van der Waals surface area contributed by atoms with Gasteiger partial charge >= 0.3 is 37.7 Å². The standard InChI is InChI=1S/2C25H20ClN3O6S.Ca/c2*1-14-11-21(20(26)13-22(14)36(32,33)34)28-29-23-18-6-4-3-5-15(18)12-19(24(23)30)25(31)27-16-7-9-17(35-2)10-8-16;/h2*3-13,30H,1-2H3,(H,27,31)(H,32,33,34);/q;;+2/p-2. The number of aryl methyl sites for hydroxylation is 2. The summed E-state index contributed by atoms with van der Waals surface area (Å²) in [4.78, 5) is 25.2. The van der Waals surface area contributed by atoms with Gasteiger partial charge in [0.2, 0.25) is 0 Å². The van der Waals surface area contributed by atoms with Crippen LogP contribution in [-0.2, 0) is 20.2 Å². The summed E-state index contributed by atoms with van der Waals surface area (Å²) >= 11 is 12.3. The monoisotopic (exact) mass is 1090 g/mol. The molecule has 368 valence electrons. The van der Waals surface area contributed by atoms with Gasteiger partial charge in [0.1, 0.15) is 38.7 Å². The van der Waals surface area contributed by atoms with E-state index in [9.17, 15) is 45.7 Å². The summed E-state index contributed by atoms with van der Waals surface area (Å²) in [6.45, 7) is 2.88. The fourth-order valence-corrected chi connectivity index (χ4v) is 9.10. The van der Waals surface area contributed by atoms with Crippen molar-refractivity contribution in [3.05, 3.63) is 166 Å². The molecule has 0 aliphatic heterocycles. The molecule has 0 radical (unpaired) electrons. The molecule has 0 aliphatic rings. The summed E-state index contributed by atoms with van der Waals surface area (Å²) in [7, 11) is -6.14. The van der Waals surface area contributed by atoms with Crippen molar-refractivity contribution in [1.29, 1.82) is 0 Å². The van der Waals surface area contributed by atoms with Crippen LogP contribution in [0.3, 0.4) is 0 Å². The normalized spacial score (nSPS) is 11.5. The molecular formula is C50H38CaCl2N6O12S2. The molecule has 0 aliphatic carbocycles. The van der Waals surface area contributed by atoms with Crippen LogP contribution in [0.25, 0.3) is 21.5 Å². The molecule has 73 heavy (non-hydrogen) atoms. The minimum atomic E-state index is -4.73. The van der Waals surface area contributed by atoms with E-state index in [-0.39, 0.29) is 97.7 Å². The number of nitrogens with one attached hydrogen (secondary N) is 2. The van der Waals surface area contributed by atoms with E-state index in [1.807, 2.05) is 0 Å². The Morgan fingerprint density at radius 2 is 1.00 bits per heavy atom. The second-order valence-electron chi connectivity index (χ2n) is 15.5. The van der Waals surface area contributed by atoms with Crippen molar-refractivity contribution >= 4 is 149 Å². The molecule has 8 aromatic rings. The first-order chi connectivity index (χ1) is 34.2. The van der Waals surface area contributed by atoms with Gasteiger partial charge in [-0.2, -0.15) is 13.5 Å². The van der Waals surface area contributed by atoms with Crippen molar-refractivity contribution < 1.29 is 55.2 Å². The predicted molar refractivity (Wildman–Crippen MR) is 275 cm³/mol. The number of azo groups is 2. The van der Waals surface area contributed by atoms with E-state index in [0.717, 1.165) is 12.1 Å². The van der Waals surface area contributed by atoms with E-state index in [1.165, 1.54) is 46.3 Å². The average Bonchev–Trinajstić information content (AvgIpc) is 3.34. The summed E-state index contributed by atoms with van der Waals surface area (Å²) in [5.41, 5.74) is 1.22. The van der Waals surface area contributed by atoms with Crippen molar-refractivity contribution in [2.45, 2.75) is 23.6 Å². The van der Waals surface area contributed by atoms with Gasteiger partial charge in [-0.15, -0.1) is 15.3 Å². The number of hydrogen-bond donors (Lipinski definition) is 4. The van der Waals surface area contributed by atoms with Crippen LogP contribution in [0.2, 0.25) is 10.0 Å². The maximum Gasteiger partial charge on any atom is 2.00 e. The predicted octanol–water partition coefficient (Wildman–Crippen LogP) is 11.5. The summed E-state index contributed by atoms with van der Waals surface area (Å²) in [6, 6.07) is 34.9. The number of aromatic hydroxyl groups is 1. The molecule has 23 heteroatoms. The molecule has 0 heterocycles. The van der Waals surface area contributed by atoms with Crippen molar-refractivity contribution in [3.8, 4) is 23.0 Å². The Bertz CT molecular complexity index is 3490. The van der Waals surface area contributed by atoms with Gasteiger partial charge in [-0.1, -0.05) is 77.5 Å². The first-order valence-electron chi connectivity index (χ1n) is 20.9. The molecule has 0 bridgehead atoms. The summed E-state index contributed by atoms with van der Waals surface area (Å²) < 4.78 is 76.8. The average molecular weight is 1090 g/mol. The fourth-order valence-electron chi connectivity index (χ4n) is 7.12. The molecule has 18 nitrogen and oxygen atoms in total. The number of carbonyl (C=O) groups is 2. The van der Waals surface area contributed by atoms with Crippen LogP contribution >= 0.6 is 23.2 Å². The molecule has 8 aromatic carbocycles. The zero-order valence-corrected chi connectivity index (χ0v) is 44.1. The number of phenolic OH excluding ortho intramolecular Hbond substituents is 1. The molecule has 2 amide bonds. The Morgan fingerprint density at radius 1 is 0.589 bits per heavy atom. The van der Waals surface area contributed by atoms with E-state index in [1.54, 1.807) is 103 Å². The SMILES string of the molecule is COc1ccc(NC(=O)c2cc3ccccc3c(N=Nc3cc(C)c(S(=O)(=O)O)cc3Cl)c2O)cc1.COc1ccc(NC(=O)c2cc3ccccc3c(N=Nc3cc(C)c(S(=O)(=O)[O-])cc3Cl)c2[O-])cc1.[Ca+2]. The van der Waals surface area contributed by atoms with Crippen molar-refractivity contribution in [1.82, 2.24) is 0 Å². The summed E-state index contributed by atoms with van der Waals surface area (Å²) in [5, 5.41) is 48.0. The quantitative estimate of drug-likeness (QED) is 0.0505. The smallest absolute Gasteiger partial charge is 0.870 e. The van der Waals surface area contributed by atoms with E-state index in [4.69, 9.17) is 32.7 Å². The molecule has 0 spiro atoms.